The van der Waals surface area contributed by atoms with Crippen LogP contribution < -0.4 is 0 Å². The first kappa shape index (κ1) is 12.7. The van der Waals surface area contributed by atoms with Crippen molar-refractivity contribution in [1.82, 2.24) is 0 Å². The Balaban J connectivity index is 1.64. The highest BCUT2D eigenvalue weighted by atomic mass is 14.6. The summed E-state index contributed by atoms with van der Waals surface area (Å²) in [4.78, 5) is 0. The lowest BCUT2D eigenvalue weighted by Gasteiger charge is -2.60. The first-order chi connectivity index (χ1) is 9.13. The number of rotatable bonds is 0. The van der Waals surface area contributed by atoms with Gasteiger partial charge >= 0.3 is 0 Å². The van der Waals surface area contributed by atoms with Crippen molar-refractivity contribution in [2.24, 2.45) is 34.5 Å². The lowest BCUT2D eigenvalue weighted by molar-refractivity contribution is -0.103. The molecule has 0 aromatic carbocycles. The van der Waals surface area contributed by atoms with Gasteiger partial charge in [-0.05, 0) is 85.9 Å². The zero-order valence-corrected chi connectivity index (χ0v) is 13.1. The maximum atomic E-state index is 2.70. The molecule has 0 heteroatoms. The van der Waals surface area contributed by atoms with Gasteiger partial charge in [-0.15, -0.1) is 0 Å². The maximum Gasteiger partial charge on any atom is -0.0266 e. The molecule has 0 N–H and O–H groups in total. The predicted octanol–water partition coefficient (Wildman–Crippen LogP) is 5.81. The van der Waals surface area contributed by atoms with Gasteiger partial charge < -0.3 is 0 Å². The van der Waals surface area contributed by atoms with Crippen molar-refractivity contribution < 1.29 is 0 Å². The van der Waals surface area contributed by atoms with Crippen molar-refractivity contribution in [3.8, 4) is 0 Å². The SMILES string of the molecule is C[C@@]12CCC[C@@H]1[C@H]1CC[C@H]3CCCC[C@]3(C)[C@@H]1CC2. The van der Waals surface area contributed by atoms with Crippen LogP contribution in [0.5, 0.6) is 0 Å². The summed E-state index contributed by atoms with van der Waals surface area (Å²) in [6.07, 6.45) is 17.1. The minimum atomic E-state index is 0.741. The van der Waals surface area contributed by atoms with Crippen molar-refractivity contribution in [1.29, 1.82) is 0 Å². The molecular formula is C19H32. The minimum absolute atomic E-state index is 0.741. The molecule has 4 aliphatic carbocycles. The van der Waals surface area contributed by atoms with Gasteiger partial charge in [0.05, 0.1) is 0 Å². The molecule has 0 saturated heterocycles. The van der Waals surface area contributed by atoms with Crippen LogP contribution in [0.15, 0.2) is 0 Å². The van der Waals surface area contributed by atoms with Gasteiger partial charge in [0.15, 0.2) is 0 Å². The Bertz CT molecular complexity index is 359. The van der Waals surface area contributed by atoms with E-state index in [1.54, 1.807) is 51.4 Å². The average Bonchev–Trinajstić information content (AvgIpc) is 2.79. The van der Waals surface area contributed by atoms with Crippen LogP contribution in [0, 0.1) is 34.5 Å². The second-order valence-electron chi connectivity index (χ2n) is 8.99. The molecule has 0 heterocycles. The van der Waals surface area contributed by atoms with Crippen LogP contribution in [0.3, 0.4) is 0 Å². The smallest absolute Gasteiger partial charge is 0.0266 e. The molecule has 0 radical (unpaired) electrons. The molecule has 4 fully saturated rings. The summed E-state index contributed by atoms with van der Waals surface area (Å²) in [6.45, 7) is 5.33. The summed E-state index contributed by atoms with van der Waals surface area (Å²) < 4.78 is 0. The summed E-state index contributed by atoms with van der Waals surface area (Å²) in [5.41, 5.74) is 1.49. The standard InChI is InChI=1S/C19H32/c1-18-11-5-7-16(18)15-9-8-14-6-3-4-12-19(14,2)17(15)10-13-18/h14-17H,3-13H2,1-2H3/t14-,15-,16-,17-,18+,19+/m1/s1. The number of hydrogen-bond donors (Lipinski definition) is 0. The van der Waals surface area contributed by atoms with Crippen molar-refractivity contribution >= 4 is 0 Å². The lowest BCUT2D eigenvalue weighted by atomic mass is 9.45. The third-order valence-electron chi connectivity index (χ3n) is 8.36. The van der Waals surface area contributed by atoms with E-state index in [0.29, 0.717) is 0 Å². The fourth-order valence-corrected chi connectivity index (χ4v) is 7.29. The van der Waals surface area contributed by atoms with Crippen LogP contribution in [0.1, 0.15) is 84.5 Å². The molecule has 4 saturated carbocycles. The Morgan fingerprint density at radius 1 is 0.684 bits per heavy atom. The van der Waals surface area contributed by atoms with E-state index < -0.39 is 0 Å². The second kappa shape index (κ2) is 4.25. The van der Waals surface area contributed by atoms with Crippen molar-refractivity contribution in [3.63, 3.8) is 0 Å². The monoisotopic (exact) mass is 260 g/mol. The summed E-state index contributed by atoms with van der Waals surface area (Å²) in [7, 11) is 0. The zero-order valence-electron chi connectivity index (χ0n) is 13.1. The number of hydrogen-bond acceptors (Lipinski definition) is 0. The van der Waals surface area contributed by atoms with Gasteiger partial charge in [-0.1, -0.05) is 33.1 Å². The van der Waals surface area contributed by atoms with E-state index in [1.807, 2.05) is 0 Å². The molecule has 0 aliphatic heterocycles. The Hall–Kier alpha value is 0. The van der Waals surface area contributed by atoms with Gasteiger partial charge in [0.1, 0.15) is 0 Å². The molecule has 0 bridgehead atoms. The largest absolute Gasteiger partial charge is 0.0594 e. The topological polar surface area (TPSA) is 0 Å². The van der Waals surface area contributed by atoms with Gasteiger partial charge in [-0.3, -0.25) is 0 Å². The highest BCUT2D eigenvalue weighted by Crippen LogP contribution is 2.66. The summed E-state index contributed by atoms with van der Waals surface area (Å²) in [5.74, 6) is 4.41. The number of fused-ring (bicyclic) bond motifs is 5. The van der Waals surface area contributed by atoms with Crippen LogP contribution in [0.25, 0.3) is 0 Å². The lowest BCUT2D eigenvalue weighted by Crippen LogP contribution is -2.51. The Morgan fingerprint density at radius 3 is 2.47 bits per heavy atom. The van der Waals surface area contributed by atoms with Crippen LogP contribution in [-0.4, -0.2) is 0 Å². The molecule has 0 unspecified atom stereocenters. The third kappa shape index (κ3) is 1.70. The highest BCUT2D eigenvalue weighted by Gasteiger charge is 2.56. The molecular weight excluding hydrogens is 228 g/mol. The Labute approximate surface area is 119 Å². The van der Waals surface area contributed by atoms with E-state index in [0.717, 1.165) is 34.5 Å². The summed E-state index contributed by atoms with van der Waals surface area (Å²) >= 11 is 0. The molecule has 4 aliphatic rings. The van der Waals surface area contributed by atoms with Crippen molar-refractivity contribution in [2.45, 2.75) is 84.5 Å². The molecule has 108 valence electrons. The van der Waals surface area contributed by atoms with Gasteiger partial charge in [-0.25, -0.2) is 0 Å². The minimum Gasteiger partial charge on any atom is -0.0594 e. The quantitative estimate of drug-likeness (QED) is 0.515. The average molecular weight is 260 g/mol. The van der Waals surface area contributed by atoms with Gasteiger partial charge in [0.25, 0.3) is 0 Å². The van der Waals surface area contributed by atoms with Gasteiger partial charge in [-0.2, -0.15) is 0 Å². The van der Waals surface area contributed by atoms with E-state index >= 15 is 0 Å². The molecule has 0 nitrogen and oxygen atoms in total. The van der Waals surface area contributed by atoms with Crippen LogP contribution in [-0.2, 0) is 0 Å². The molecule has 0 aromatic rings. The van der Waals surface area contributed by atoms with Crippen LogP contribution in [0.2, 0.25) is 0 Å². The fourth-order valence-electron chi connectivity index (χ4n) is 7.29. The van der Waals surface area contributed by atoms with Crippen LogP contribution >= 0.6 is 0 Å². The summed E-state index contributed by atoms with van der Waals surface area (Å²) in [5, 5.41) is 0. The highest BCUT2D eigenvalue weighted by molar-refractivity contribution is 5.06. The molecule has 19 heavy (non-hydrogen) atoms. The molecule has 6 atom stereocenters. The van der Waals surface area contributed by atoms with Crippen molar-refractivity contribution in [3.05, 3.63) is 0 Å². The molecule has 4 rings (SSSR count). The maximum absolute atomic E-state index is 2.70. The molecule has 0 aromatic heterocycles. The first-order valence-electron chi connectivity index (χ1n) is 9.13. The fraction of sp³-hybridized carbons (Fsp3) is 1.00. The van der Waals surface area contributed by atoms with E-state index in [-0.39, 0.29) is 0 Å². The predicted molar refractivity (Wildman–Crippen MR) is 81.0 cm³/mol. The van der Waals surface area contributed by atoms with E-state index in [1.165, 1.54) is 19.3 Å². The first-order valence-corrected chi connectivity index (χ1v) is 9.13. The second-order valence-corrected chi connectivity index (χ2v) is 8.99. The van der Waals surface area contributed by atoms with Gasteiger partial charge in [0.2, 0.25) is 0 Å². The van der Waals surface area contributed by atoms with E-state index in [9.17, 15) is 0 Å². The van der Waals surface area contributed by atoms with E-state index in [2.05, 4.69) is 13.8 Å². The van der Waals surface area contributed by atoms with Gasteiger partial charge in [0, 0.05) is 0 Å². The zero-order chi connectivity index (χ0) is 13.1. The van der Waals surface area contributed by atoms with Crippen LogP contribution in [0.4, 0.5) is 0 Å². The molecule has 0 amide bonds. The Morgan fingerprint density at radius 2 is 1.58 bits per heavy atom. The summed E-state index contributed by atoms with van der Waals surface area (Å²) in [6, 6.07) is 0. The van der Waals surface area contributed by atoms with E-state index in [4.69, 9.17) is 0 Å². The van der Waals surface area contributed by atoms with Crippen molar-refractivity contribution in [2.75, 3.05) is 0 Å². The Kier molecular flexibility index (Phi) is 2.84. The normalized spacial score (nSPS) is 57.2. The third-order valence-corrected chi connectivity index (χ3v) is 8.36. The molecule has 0 spiro atoms.